The summed E-state index contributed by atoms with van der Waals surface area (Å²) >= 11 is 7.43. The number of likely N-dealkylation sites (N-methyl/N-ethyl adjacent to an activating group) is 1. The molecule has 13 heavy (non-hydrogen) atoms. The second-order valence-electron chi connectivity index (χ2n) is 2.91. The molecule has 0 fully saturated rings. The summed E-state index contributed by atoms with van der Waals surface area (Å²) in [4.78, 5) is 1.22. The number of thiophene rings is 1. The highest BCUT2D eigenvalue weighted by molar-refractivity contribution is 7.17. The topological polar surface area (TPSA) is 12.0 Å². The minimum Gasteiger partial charge on any atom is -0.313 e. The molecule has 72 valence electrons. The minimum absolute atomic E-state index is 0.850. The van der Waals surface area contributed by atoms with Crippen LogP contribution in [0.25, 0.3) is 6.08 Å². The molecule has 0 bridgehead atoms. The van der Waals surface area contributed by atoms with Crippen LogP contribution in [-0.2, 0) is 0 Å². The maximum absolute atomic E-state index is 5.82. The maximum atomic E-state index is 5.82. The lowest BCUT2D eigenvalue weighted by atomic mass is 10.2. The quantitative estimate of drug-likeness (QED) is 0.812. The molecular weight excluding hydrogens is 202 g/mol. The van der Waals surface area contributed by atoms with Crippen molar-refractivity contribution in [2.24, 2.45) is 0 Å². The van der Waals surface area contributed by atoms with Gasteiger partial charge in [-0.15, -0.1) is 11.3 Å². The second-order valence-corrected chi connectivity index (χ2v) is 4.66. The van der Waals surface area contributed by atoms with Gasteiger partial charge in [0.15, 0.2) is 0 Å². The molecular formula is C10H14ClNS. The Labute approximate surface area is 88.4 Å². The smallest absolute Gasteiger partial charge is 0.0934 e. The van der Waals surface area contributed by atoms with Gasteiger partial charge in [-0.3, -0.25) is 0 Å². The number of hydrogen-bond acceptors (Lipinski definition) is 2. The Bertz CT molecular complexity index is 291. The fourth-order valence-corrected chi connectivity index (χ4v) is 2.11. The van der Waals surface area contributed by atoms with Crippen molar-refractivity contribution in [3.05, 3.63) is 26.9 Å². The normalized spacial score (nSPS) is 12.1. The predicted octanol–water partition coefficient (Wildman–Crippen LogP) is 3.41. The molecule has 0 saturated carbocycles. The summed E-state index contributed by atoms with van der Waals surface area (Å²) in [6.07, 6.45) is 2.17. The zero-order valence-electron chi connectivity index (χ0n) is 7.93. The van der Waals surface area contributed by atoms with E-state index in [0.717, 1.165) is 17.4 Å². The van der Waals surface area contributed by atoms with E-state index in [1.54, 1.807) is 11.3 Å². The van der Waals surface area contributed by atoms with E-state index in [1.807, 2.05) is 12.1 Å². The Kier molecular flexibility index (Phi) is 4.50. The lowest BCUT2D eigenvalue weighted by Crippen LogP contribution is -2.14. The van der Waals surface area contributed by atoms with Crippen LogP contribution in [0.3, 0.4) is 0 Å². The van der Waals surface area contributed by atoms with E-state index in [1.165, 1.54) is 10.5 Å². The summed E-state index contributed by atoms with van der Waals surface area (Å²) in [5.41, 5.74) is 1.33. The molecule has 1 aromatic heterocycles. The zero-order chi connectivity index (χ0) is 9.68. The summed E-state index contributed by atoms with van der Waals surface area (Å²) in [5.74, 6) is 0. The summed E-state index contributed by atoms with van der Waals surface area (Å²) in [5, 5.41) is 3.28. The van der Waals surface area contributed by atoms with E-state index in [9.17, 15) is 0 Å². The molecule has 0 saturated heterocycles. The van der Waals surface area contributed by atoms with Crippen molar-refractivity contribution in [1.82, 2.24) is 5.32 Å². The Hall–Kier alpha value is -0.310. The van der Waals surface area contributed by atoms with Crippen LogP contribution in [0.1, 0.15) is 18.7 Å². The fourth-order valence-electron chi connectivity index (χ4n) is 1.02. The molecule has 0 aliphatic rings. The van der Waals surface area contributed by atoms with Crippen LogP contribution < -0.4 is 5.32 Å². The predicted molar refractivity (Wildman–Crippen MR) is 61.5 cm³/mol. The van der Waals surface area contributed by atoms with Crippen LogP contribution in [0, 0.1) is 0 Å². The van der Waals surface area contributed by atoms with Crippen LogP contribution >= 0.6 is 22.9 Å². The highest BCUT2D eigenvalue weighted by Gasteiger charge is 1.94. The van der Waals surface area contributed by atoms with Crippen LogP contribution in [-0.4, -0.2) is 13.1 Å². The van der Waals surface area contributed by atoms with Crippen molar-refractivity contribution in [2.45, 2.75) is 13.8 Å². The lowest BCUT2D eigenvalue weighted by molar-refractivity contribution is 0.779. The standard InChI is InChI=1S/C10H14ClNS/c1-3-12-7-8(2)6-9-4-5-10(11)13-9/h4-6,12H,3,7H2,1-2H3. The van der Waals surface area contributed by atoms with Crippen LogP contribution in [0.15, 0.2) is 17.7 Å². The molecule has 1 heterocycles. The molecule has 0 amide bonds. The van der Waals surface area contributed by atoms with Crippen molar-refractivity contribution >= 4 is 29.0 Å². The zero-order valence-corrected chi connectivity index (χ0v) is 9.50. The van der Waals surface area contributed by atoms with Gasteiger partial charge in [-0.1, -0.05) is 24.1 Å². The fraction of sp³-hybridized carbons (Fsp3) is 0.400. The maximum Gasteiger partial charge on any atom is 0.0934 e. The van der Waals surface area contributed by atoms with Crippen LogP contribution in [0.5, 0.6) is 0 Å². The van der Waals surface area contributed by atoms with Crippen LogP contribution in [0.2, 0.25) is 4.34 Å². The van der Waals surface area contributed by atoms with E-state index < -0.39 is 0 Å². The molecule has 0 aromatic carbocycles. The van der Waals surface area contributed by atoms with E-state index >= 15 is 0 Å². The van der Waals surface area contributed by atoms with Gasteiger partial charge in [0.1, 0.15) is 0 Å². The van der Waals surface area contributed by atoms with Crippen LogP contribution in [0.4, 0.5) is 0 Å². The van der Waals surface area contributed by atoms with Crippen molar-refractivity contribution in [3.8, 4) is 0 Å². The number of nitrogens with one attached hydrogen (secondary N) is 1. The number of rotatable bonds is 4. The van der Waals surface area contributed by atoms with Gasteiger partial charge in [-0.25, -0.2) is 0 Å². The Morgan fingerprint density at radius 3 is 2.92 bits per heavy atom. The first-order valence-corrected chi connectivity index (χ1v) is 5.55. The highest BCUT2D eigenvalue weighted by Crippen LogP contribution is 2.23. The van der Waals surface area contributed by atoms with Crippen molar-refractivity contribution < 1.29 is 0 Å². The molecule has 1 N–H and O–H groups in total. The molecule has 1 aromatic rings. The summed E-state index contributed by atoms with van der Waals surface area (Å²) in [6, 6.07) is 3.97. The SMILES string of the molecule is CCNCC(C)=Cc1ccc(Cl)s1. The molecule has 0 atom stereocenters. The number of hydrogen-bond donors (Lipinski definition) is 1. The van der Waals surface area contributed by atoms with Gasteiger partial charge in [0.25, 0.3) is 0 Å². The third-order valence-electron chi connectivity index (χ3n) is 1.64. The van der Waals surface area contributed by atoms with Gasteiger partial charge < -0.3 is 5.32 Å². The average molecular weight is 216 g/mol. The lowest BCUT2D eigenvalue weighted by Gasteiger charge is -2.00. The monoisotopic (exact) mass is 215 g/mol. The third-order valence-corrected chi connectivity index (χ3v) is 2.81. The summed E-state index contributed by atoms with van der Waals surface area (Å²) in [7, 11) is 0. The molecule has 3 heteroatoms. The molecule has 0 radical (unpaired) electrons. The minimum atomic E-state index is 0.850. The molecule has 0 spiro atoms. The Morgan fingerprint density at radius 1 is 1.62 bits per heavy atom. The molecule has 1 rings (SSSR count). The third kappa shape index (κ3) is 3.94. The first kappa shape index (κ1) is 10.8. The van der Waals surface area contributed by atoms with Gasteiger partial charge in [0.05, 0.1) is 4.34 Å². The summed E-state index contributed by atoms with van der Waals surface area (Å²) in [6.45, 7) is 6.19. The molecule has 1 nitrogen and oxygen atoms in total. The van der Waals surface area contributed by atoms with E-state index in [-0.39, 0.29) is 0 Å². The first-order valence-electron chi connectivity index (χ1n) is 4.35. The van der Waals surface area contributed by atoms with Crippen molar-refractivity contribution in [2.75, 3.05) is 13.1 Å². The number of halogens is 1. The van der Waals surface area contributed by atoms with Crippen molar-refractivity contribution in [1.29, 1.82) is 0 Å². The van der Waals surface area contributed by atoms with Gasteiger partial charge >= 0.3 is 0 Å². The summed E-state index contributed by atoms with van der Waals surface area (Å²) < 4.78 is 0.850. The molecule has 0 aliphatic heterocycles. The molecule has 0 aliphatic carbocycles. The average Bonchev–Trinajstić information content (AvgIpc) is 2.48. The molecule has 0 unspecified atom stereocenters. The second kappa shape index (κ2) is 5.43. The van der Waals surface area contributed by atoms with E-state index in [4.69, 9.17) is 11.6 Å². The van der Waals surface area contributed by atoms with Gasteiger partial charge in [0.2, 0.25) is 0 Å². The highest BCUT2D eigenvalue weighted by atomic mass is 35.5. The van der Waals surface area contributed by atoms with Crippen molar-refractivity contribution in [3.63, 3.8) is 0 Å². The van der Waals surface area contributed by atoms with Gasteiger partial charge in [-0.05, 0) is 31.7 Å². The van der Waals surface area contributed by atoms with Gasteiger partial charge in [-0.2, -0.15) is 0 Å². The largest absolute Gasteiger partial charge is 0.313 e. The van der Waals surface area contributed by atoms with E-state index in [2.05, 4.69) is 25.2 Å². The Morgan fingerprint density at radius 2 is 2.38 bits per heavy atom. The van der Waals surface area contributed by atoms with Gasteiger partial charge in [0, 0.05) is 11.4 Å². The van der Waals surface area contributed by atoms with E-state index in [0.29, 0.717) is 0 Å². The first-order chi connectivity index (χ1) is 6.22. The Balaban J connectivity index is 2.54.